The monoisotopic (exact) mass is 438 g/mol. The summed E-state index contributed by atoms with van der Waals surface area (Å²) in [7, 11) is 0. The Labute approximate surface area is 180 Å². The molecule has 29 heavy (non-hydrogen) atoms. The van der Waals surface area contributed by atoms with Crippen molar-refractivity contribution in [2.45, 2.75) is 32.6 Å². The van der Waals surface area contributed by atoms with E-state index in [2.05, 4.69) is 24.7 Å². The fourth-order valence-corrected chi connectivity index (χ4v) is 2.81. The highest BCUT2D eigenvalue weighted by Gasteiger charge is 2.07. The van der Waals surface area contributed by atoms with E-state index in [0.717, 1.165) is 0 Å². The molecular weight excluding hydrogens is 415 g/mol. The fourth-order valence-electron chi connectivity index (χ4n) is 2.34. The number of hydrogen-bond acceptors (Lipinski definition) is 4. The minimum atomic E-state index is -0.449. The van der Waals surface area contributed by atoms with Crippen molar-refractivity contribution in [3.05, 3.63) is 58.1 Å². The molecule has 0 bridgehead atoms. The van der Waals surface area contributed by atoms with Gasteiger partial charge in [-0.3, -0.25) is 20.4 Å². The topological polar surface area (TPSA) is 76.7 Å². The first-order valence-corrected chi connectivity index (χ1v) is 9.99. The number of hydrazine groups is 1. The third-order valence-corrected chi connectivity index (χ3v) is 4.49. The third-order valence-electron chi connectivity index (χ3n) is 3.96. The molecule has 2 rings (SSSR count). The molecule has 0 unspecified atom stereocenters. The zero-order valence-electron chi connectivity index (χ0n) is 16.3. The molecule has 0 radical (unpaired) electrons. The van der Waals surface area contributed by atoms with E-state index >= 15 is 0 Å². The number of hydrogen-bond donors (Lipinski definition) is 2. The van der Waals surface area contributed by atoms with Crippen LogP contribution < -0.4 is 20.3 Å². The van der Waals surface area contributed by atoms with E-state index < -0.39 is 5.91 Å². The van der Waals surface area contributed by atoms with Crippen LogP contribution in [-0.4, -0.2) is 25.0 Å². The maximum atomic E-state index is 11.8. The normalized spacial score (nSPS) is 10.5. The molecule has 0 saturated carbocycles. The summed E-state index contributed by atoms with van der Waals surface area (Å²) in [4.78, 5) is 23.6. The summed E-state index contributed by atoms with van der Waals surface area (Å²) in [6.07, 6.45) is 0.641. The first-order chi connectivity index (χ1) is 13.8. The molecule has 0 fully saturated rings. The van der Waals surface area contributed by atoms with Crippen molar-refractivity contribution in [2.24, 2.45) is 0 Å². The van der Waals surface area contributed by atoms with E-state index in [0.29, 0.717) is 40.5 Å². The van der Waals surface area contributed by atoms with Crippen molar-refractivity contribution in [3.8, 4) is 11.5 Å². The molecule has 0 aliphatic carbocycles. The lowest BCUT2D eigenvalue weighted by molar-refractivity contribution is -0.130. The average molecular weight is 439 g/mol. The molecule has 0 heterocycles. The molecule has 2 aromatic carbocycles. The quantitative estimate of drug-likeness (QED) is 0.446. The van der Waals surface area contributed by atoms with Crippen LogP contribution in [0.15, 0.2) is 42.5 Å². The number of carbonyl (C=O) groups excluding carboxylic acids is 2. The standard InChI is InChI=1S/C21H24Cl2N2O4/c1-14(2)15-5-8-17(9-6-15)29-13-21(27)25-24-20(26)4-3-11-28-19-10-7-16(22)12-18(19)23/h5-10,12,14H,3-4,11,13H2,1-2H3,(H,24,26)(H,25,27). The fraction of sp³-hybridized carbons (Fsp3) is 0.333. The summed E-state index contributed by atoms with van der Waals surface area (Å²) in [5, 5.41) is 0.932. The minimum absolute atomic E-state index is 0.184. The van der Waals surface area contributed by atoms with Gasteiger partial charge in [0, 0.05) is 11.4 Å². The predicted octanol–water partition coefficient (Wildman–Crippen LogP) is 4.50. The Morgan fingerprint density at radius 2 is 1.66 bits per heavy atom. The summed E-state index contributed by atoms with van der Waals surface area (Å²) in [6.45, 7) is 4.31. The van der Waals surface area contributed by atoms with E-state index in [1.165, 1.54) is 5.56 Å². The van der Waals surface area contributed by atoms with Crippen LogP contribution in [0.1, 0.15) is 38.2 Å². The van der Waals surface area contributed by atoms with Gasteiger partial charge in [0.1, 0.15) is 11.5 Å². The first-order valence-electron chi connectivity index (χ1n) is 9.23. The minimum Gasteiger partial charge on any atom is -0.492 e. The average Bonchev–Trinajstić information content (AvgIpc) is 2.69. The Hall–Kier alpha value is -2.44. The number of benzene rings is 2. The molecule has 8 heteroatoms. The van der Waals surface area contributed by atoms with Gasteiger partial charge in [0.05, 0.1) is 11.6 Å². The van der Waals surface area contributed by atoms with Gasteiger partial charge >= 0.3 is 0 Å². The number of carbonyl (C=O) groups is 2. The predicted molar refractivity (Wildman–Crippen MR) is 114 cm³/mol. The molecule has 0 aromatic heterocycles. The van der Waals surface area contributed by atoms with E-state index in [-0.39, 0.29) is 18.9 Å². The maximum absolute atomic E-state index is 11.8. The number of amides is 2. The Kier molecular flexibility index (Phi) is 9.09. The van der Waals surface area contributed by atoms with Crippen LogP contribution >= 0.6 is 23.2 Å². The van der Waals surface area contributed by atoms with Crippen molar-refractivity contribution in [1.29, 1.82) is 0 Å². The summed E-state index contributed by atoms with van der Waals surface area (Å²) < 4.78 is 10.9. The van der Waals surface area contributed by atoms with Crippen LogP contribution in [0.3, 0.4) is 0 Å². The maximum Gasteiger partial charge on any atom is 0.276 e. The highest BCUT2D eigenvalue weighted by Crippen LogP contribution is 2.27. The summed E-state index contributed by atoms with van der Waals surface area (Å²) >= 11 is 11.8. The van der Waals surface area contributed by atoms with Crippen LogP contribution in [0.25, 0.3) is 0 Å². The van der Waals surface area contributed by atoms with Crippen LogP contribution in [0.5, 0.6) is 11.5 Å². The second-order valence-electron chi connectivity index (χ2n) is 6.64. The second kappa shape index (κ2) is 11.5. The number of rotatable bonds is 9. The number of ether oxygens (including phenoxy) is 2. The molecule has 0 aliphatic heterocycles. The third kappa shape index (κ3) is 8.21. The Bertz CT molecular complexity index is 826. The lowest BCUT2D eigenvalue weighted by Crippen LogP contribution is -2.43. The Morgan fingerprint density at radius 1 is 0.966 bits per heavy atom. The molecule has 0 aliphatic rings. The van der Waals surface area contributed by atoms with E-state index in [1.54, 1.807) is 18.2 Å². The number of nitrogens with one attached hydrogen (secondary N) is 2. The van der Waals surface area contributed by atoms with Gasteiger partial charge in [0.15, 0.2) is 6.61 Å². The van der Waals surface area contributed by atoms with Gasteiger partial charge in [-0.1, -0.05) is 49.2 Å². The van der Waals surface area contributed by atoms with E-state index in [9.17, 15) is 9.59 Å². The highest BCUT2D eigenvalue weighted by molar-refractivity contribution is 6.35. The first kappa shape index (κ1) is 22.8. The van der Waals surface area contributed by atoms with Gasteiger partial charge in [0.2, 0.25) is 5.91 Å². The second-order valence-corrected chi connectivity index (χ2v) is 7.48. The van der Waals surface area contributed by atoms with Gasteiger partial charge in [-0.2, -0.15) is 0 Å². The van der Waals surface area contributed by atoms with Crippen LogP contribution in [0.4, 0.5) is 0 Å². The van der Waals surface area contributed by atoms with Crippen LogP contribution in [0, 0.1) is 0 Å². The van der Waals surface area contributed by atoms with E-state index in [4.69, 9.17) is 32.7 Å². The molecule has 6 nitrogen and oxygen atoms in total. The zero-order valence-corrected chi connectivity index (χ0v) is 17.8. The zero-order chi connectivity index (χ0) is 21.2. The molecular formula is C21H24Cl2N2O4. The Morgan fingerprint density at radius 3 is 2.31 bits per heavy atom. The number of halogens is 2. The van der Waals surface area contributed by atoms with Gasteiger partial charge in [0.25, 0.3) is 5.91 Å². The smallest absolute Gasteiger partial charge is 0.276 e. The molecule has 2 amide bonds. The molecule has 0 saturated heterocycles. The summed E-state index contributed by atoms with van der Waals surface area (Å²) in [6, 6.07) is 12.5. The summed E-state index contributed by atoms with van der Waals surface area (Å²) in [5.41, 5.74) is 5.85. The van der Waals surface area contributed by atoms with Crippen molar-refractivity contribution in [3.63, 3.8) is 0 Å². The van der Waals surface area contributed by atoms with Crippen LogP contribution in [-0.2, 0) is 9.59 Å². The van der Waals surface area contributed by atoms with E-state index in [1.807, 2.05) is 24.3 Å². The van der Waals surface area contributed by atoms with Crippen LogP contribution in [0.2, 0.25) is 10.0 Å². The lowest BCUT2D eigenvalue weighted by atomic mass is 10.0. The molecule has 2 N–H and O–H groups in total. The van der Waals surface area contributed by atoms with Gasteiger partial charge in [-0.05, 0) is 48.2 Å². The molecule has 156 valence electrons. The van der Waals surface area contributed by atoms with Crippen molar-refractivity contribution in [2.75, 3.05) is 13.2 Å². The largest absolute Gasteiger partial charge is 0.492 e. The lowest BCUT2D eigenvalue weighted by Gasteiger charge is -2.10. The molecule has 2 aromatic rings. The molecule has 0 atom stereocenters. The molecule has 0 spiro atoms. The van der Waals surface area contributed by atoms with Crippen molar-refractivity contribution < 1.29 is 19.1 Å². The Balaban J connectivity index is 1.60. The summed E-state index contributed by atoms with van der Waals surface area (Å²) in [5.74, 6) is 0.745. The SMILES string of the molecule is CC(C)c1ccc(OCC(=O)NNC(=O)CCCOc2ccc(Cl)cc2Cl)cc1. The van der Waals surface area contributed by atoms with Crippen molar-refractivity contribution >= 4 is 35.0 Å². The van der Waals surface area contributed by atoms with Gasteiger partial charge < -0.3 is 9.47 Å². The van der Waals surface area contributed by atoms with Gasteiger partial charge in [-0.15, -0.1) is 0 Å². The highest BCUT2D eigenvalue weighted by atomic mass is 35.5. The van der Waals surface area contributed by atoms with Gasteiger partial charge in [-0.25, -0.2) is 0 Å². The van der Waals surface area contributed by atoms with Crippen molar-refractivity contribution in [1.82, 2.24) is 10.9 Å².